The normalized spacial score (nSPS) is 13.8. The summed E-state index contributed by atoms with van der Waals surface area (Å²) in [6.07, 6.45) is 5.80. The van der Waals surface area contributed by atoms with Gasteiger partial charge in [0.05, 0.1) is 34.3 Å². The van der Waals surface area contributed by atoms with Gasteiger partial charge in [0.1, 0.15) is 11.2 Å². The number of rotatable bonds is 5. The average Bonchev–Trinajstić information content (AvgIpc) is 3.60. The van der Waals surface area contributed by atoms with Gasteiger partial charge in [0.15, 0.2) is 0 Å². The summed E-state index contributed by atoms with van der Waals surface area (Å²) in [6, 6.07) is 17.2. The molecule has 6 rings (SSSR count). The first kappa shape index (κ1) is 26.1. The Morgan fingerprint density at radius 3 is 2.63 bits per heavy atom. The first-order valence-electron chi connectivity index (χ1n) is 13.4. The number of nitrogens with one attached hydrogen (secondary N) is 2. The van der Waals surface area contributed by atoms with Crippen LogP contribution in [0, 0.1) is 0 Å². The second-order valence-electron chi connectivity index (χ2n) is 11.0. The Morgan fingerprint density at radius 2 is 1.88 bits per heavy atom. The van der Waals surface area contributed by atoms with E-state index in [2.05, 4.69) is 26.0 Å². The number of carbonyl (C=O) groups is 2. The van der Waals surface area contributed by atoms with Gasteiger partial charge in [0.25, 0.3) is 5.91 Å². The number of hydrogen-bond donors (Lipinski definition) is 3. The zero-order valence-corrected chi connectivity index (χ0v) is 23.1. The van der Waals surface area contributed by atoms with Crippen LogP contribution in [0.1, 0.15) is 43.2 Å². The number of H-pyrrole nitrogens is 2. The van der Waals surface area contributed by atoms with E-state index in [4.69, 9.17) is 10.5 Å². The monoisotopic (exact) mass is 549 g/mol. The molecule has 10 heteroatoms. The molecule has 4 heterocycles. The van der Waals surface area contributed by atoms with Crippen molar-refractivity contribution in [3.05, 3.63) is 84.5 Å². The number of nitrogens with zero attached hydrogens (tertiary/aromatic N) is 4. The van der Waals surface area contributed by atoms with Gasteiger partial charge in [-0.05, 0) is 75.2 Å². The first-order valence-corrected chi connectivity index (χ1v) is 13.4. The van der Waals surface area contributed by atoms with Crippen LogP contribution in [0.2, 0.25) is 0 Å². The number of amides is 2. The predicted molar refractivity (Wildman–Crippen MR) is 159 cm³/mol. The Labute approximate surface area is 236 Å². The Bertz CT molecular complexity index is 1810. The number of ether oxygens (including phenoxy) is 1. The third-order valence-electron chi connectivity index (χ3n) is 7.03. The van der Waals surface area contributed by atoms with E-state index in [1.165, 1.54) is 0 Å². The van der Waals surface area contributed by atoms with E-state index in [1.54, 1.807) is 29.6 Å². The Balaban J connectivity index is 1.42. The molecule has 0 fully saturated rings. The van der Waals surface area contributed by atoms with Gasteiger partial charge in [-0.25, -0.2) is 14.8 Å². The minimum atomic E-state index is -0.540. The summed E-state index contributed by atoms with van der Waals surface area (Å²) in [5.41, 5.74) is 12.4. The minimum Gasteiger partial charge on any atom is -0.444 e. The molecule has 0 spiro atoms. The summed E-state index contributed by atoms with van der Waals surface area (Å²) in [6.45, 7) is 6.61. The molecule has 4 N–H and O–H groups in total. The SMILES string of the molecule is CC(C)(C)OC(=O)N1CC=C(c2cc3c(N(c4ccc5nc[nH]c5c4)c4ccccc4C(N)=O)ccnc3[nH]2)CC1. The van der Waals surface area contributed by atoms with Gasteiger partial charge >= 0.3 is 6.09 Å². The molecule has 0 saturated heterocycles. The average molecular weight is 550 g/mol. The van der Waals surface area contributed by atoms with Crippen LogP contribution < -0.4 is 10.6 Å². The maximum Gasteiger partial charge on any atom is 0.410 e. The molecule has 1 aliphatic heterocycles. The molecule has 2 amide bonds. The second kappa shape index (κ2) is 10.1. The van der Waals surface area contributed by atoms with Crippen LogP contribution in [-0.4, -0.2) is 55.5 Å². The van der Waals surface area contributed by atoms with Gasteiger partial charge in [-0.3, -0.25) is 4.79 Å². The van der Waals surface area contributed by atoms with Gasteiger partial charge in [0, 0.05) is 36.1 Å². The molecule has 5 aromatic rings. The van der Waals surface area contributed by atoms with E-state index in [1.807, 2.05) is 68.1 Å². The highest BCUT2D eigenvalue weighted by atomic mass is 16.6. The number of nitrogens with two attached hydrogens (primary N) is 1. The number of imidazole rings is 1. The fraction of sp³-hybridized carbons (Fsp3) is 0.226. The third-order valence-corrected chi connectivity index (χ3v) is 7.03. The van der Waals surface area contributed by atoms with Crippen LogP contribution in [0.4, 0.5) is 21.9 Å². The molecule has 10 nitrogen and oxygen atoms in total. The molecule has 3 aromatic heterocycles. The number of aromatic nitrogens is 4. The van der Waals surface area contributed by atoms with E-state index in [0.717, 1.165) is 39.1 Å². The van der Waals surface area contributed by atoms with Crippen molar-refractivity contribution in [2.75, 3.05) is 18.0 Å². The smallest absolute Gasteiger partial charge is 0.410 e. The molecular weight excluding hydrogens is 518 g/mol. The van der Waals surface area contributed by atoms with Crippen molar-refractivity contribution in [2.45, 2.75) is 32.8 Å². The molecule has 1 aliphatic rings. The van der Waals surface area contributed by atoms with E-state index in [9.17, 15) is 9.59 Å². The van der Waals surface area contributed by atoms with Crippen molar-refractivity contribution in [1.82, 2.24) is 24.8 Å². The molecule has 41 heavy (non-hydrogen) atoms. The number of hydrogen-bond acceptors (Lipinski definition) is 6. The van der Waals surface area contributed by atoms with Crippen molar-refractivity contribution in [3.8, 4) is 0 Å². The molecule has 0 radical (unpaired) electrons. The summed E-state index contributed by atoms with van der Waals surface area (Å²) < 4.78 is 5.54. The fourth-order valence-corrected chi connectivity index (χ4v) is 5.13. The van der Waals surface area contributed by atoms with E-state index >= 15 is 0 Å². The highest BCUT2D eigenvalue weighted by molar-refractivity contribution is 6.05. The zero-order chi connectivity index (χ0) is 28.7. The molecular formula is C31H31N7O3. The van der Waals surface area contributed by atoms with Crippen molar-refractivity contribution in [3.63, 3.8) is 0 Å². The molecule has 0 unspecified atom stereocenters. The number of benzene rings is 2. The predicted octanol–water partition coefficient (Wildman–Crippen LogP) is 6.03. The lowest BCUT2D eigenvalue weighted by atomic mass is 10.0. The van der Waals surface area contributed by atoms with E-state index in [-0.39, 0.29) is 6.09 Å². The van der Waals surface area contributed by atoms with E-state index < -0.39 is 11.5 Å². The van der Waals surface area contributed by atoms with Crippen LogP contribution in [0.15, 0.2) is 73.2 Å². The lowest BCUT2D eigenvalue weighted by Crippen LogP contribution is -2.39. The summed E-state index contributed by atoms with van der Waals surface area (Å²) >= 11 is 0. The number of fused-ring (bicyclic) bond motifs is 2. The van der Waals surface area contributed by atoms with Gasteiger partial charge in [-0.1, -0.05) is 18.2 Å². The Morgan fingerprint density at radius 1 is 1.05 bits per heavy atom. The molecule has 0 aliphatic carbocycles. The molecule has 2 aromatic carbocycles. The van der Waals surface area contributed by atoms with Crippen LogP contribution >= 0.6 is 0 Å². The lowest BCUT2D eigenvalue weighted by Gasteiger charge is -2.29. The number of anilines is 3. The lowest BCUT2D eigenvalue weighted by molar-refractivity contribution is 0.0270. The maximum atomic E-state index is 12.5. The standard InChI is InChI=1S/C31H31N7O3/c1-31(2,3)41-30(40)37-14-11-19(12-15-37)24-17-22-27(10-13-33-29(22)36-24)38(26-7-5-4-6-21(26)28(32)39)20-8-9-23-25(16-20)35-18-34-23/h4-11,13,16-18H,12,14-15H2,1-3H3,(H2,32,39)(H,33,36)(H,34,35). The second-order valence-corrected chi connectivity index (χ2v) is 11.0. The van der Waals surface area contributed by atoms with Gasteiger partial charge in [-0.2, -0.15) is 0 Å². The summed E-state index contributed by atoms with van der Waals surface area (Å²) in [5, 5.41) is 0.877. The van der Waals surface area contributed by atoms with Gasteiger partial charge in [-0.15, -0.1) is 0 Å². The van der Waals surface area contributed by atoms with Crippen LogP contribution in [0.3, 0.4) is 0 Å². The first-order chi connectivity index (χ1) is 19.7. The zero-order valence-electron chi connectivity index (χ0n) is 23.1. The molecule has 0 saturated carbocycles. The summed E-state index contributed by atoms with van der Waals surface area (Å²) in [4.78, 5) is 44.3. The van der Waals surface area contributed by atoms with E-state index in [0.29, 0.717) is 36.4 Å². The number of carbonyl (C=O) groups excluding carboxylic acids is 2. The van der Waals surface area contributed by atoms with Crippen LogP contribution in [0.5, 0.6) is 0 Å². The largest absolute Gasteiger partial charge is 0.444 e. The molecule has 0 atom stereocenters. The van der Waals surface area contributed by atoms with Crippen molar-refractivity contribution in [2.24, 2.45) is 5.73 Å². The number of para-hydroxylation sites is 1. The Hall–Kier alpha value is -5.12. The summed E-state index contributed by atoms with van der Waals surface area (Å²) in [7, 11) is 0. The number of aromatic amines is 2. The maximum absolute atomic E-state index is 12.5. The molecule has 208 valence electrons. The minimum absolute atomic E-state index is 0.314. The summed E-state index contributed by atoms with van der Waals surface area (Å²) in [5.74, 6) is -0.518. The van der Waals surface area contributed by atoms with Crippen molar-refractivity contribution in [1.29, 1.82) is 0 Å². The highest BCUT2D eigenvalue weighted by Crippen LogP contribution is 2.41. The van der Waals surface area contributed by atoms with Gasteiger partial charge in [0.2, 0.25) is 0 Å². The van der Waals surface area contributed by atoms with Crippen LogP contribution in [0.25, 0.3) is 27.6 Å². The Kier molecular flexibility index (Phi) is 6.45. The topological polar surface area (TPSA) is 133 Å². The van der Waals surface area contributed by atoms with Crippen molar-refractivity contribution >= 4 is 56.7 Å². The number of primary amides is 1. The third kappa shape index (κ3) is 5.11. The van der Waals surface area contributed by atoms with Gasteiger partial charge < -0.3 is 30.2 Å². The number of pyridine rings is 1. The molecule has 0 bridgehead atoms. The fourth-order valence-electron chi connectivity index (χ4n) is 5.13. The highest BCUT2D eigenvalue weighted by Gasteiger charge is 2.26. The quantitative estimate of drug-likeness (QED) is 0.245. The van der Waals surface area contributed by atoms with Crippen molar-refractivity contribution < 1.29 is 14.3 Å². The van der Waals surface area contributed by atoms with Crippen LogP contribution in [-0.2, 0) is 4.74 Å².